The van der Waals surface area contributed by atoms with Crippen LogP contribution in [0.3, 0.4) is 0 Å². The Morgan fingerprint density at radius 2 is 1.58 bits per heavy atom. The van der Waals surface area contributed by atoms with Crippen molar-refractivity contribution in [3.63, 3.8) is 0 Å². The number of hydroxylamine groups is 1. The van der Waals surface area contributed by atoms with Crippen molar-refractivity contribution in [2.24, 2.45) is 5.92 Å². The van der Waals surface area contributed by atoms with Gasteiger partial charge in [0.1, 0.15) is 5.92 Å². The van der Waals surface area contributed by atoms with Crippen LogP contribution in [0.5, 0.6) is 0 Å². The van der Waals surface area contributed by atoms with Crippen molar-refractivity contribution in [1.29, 1.82) is 0 Å². The lowest BCUT2D eigenvalue weighted by Gasteiger charge is -2.29. The van der Waals surface area contributed by atoms with Gasteiger partial charge >= 0.3 is 0 Å². The fourth-order valence-corrected chi connectivity index (χ4v) is 5.13. The van der Waals surface area contributed by atoms with Crippen molar-refractivity contribution in [2.45, 2.75) is 19.1 Å². The number of hydrogen-bond donors (Lipinski definition) is 0. The first-order chi connectivity index (χ1) is 17.4. The van der Waals surface area contributed by atoms with Crippen LogP contribution in [0.1, 0.15) is 17.2 Å². The summed E-state index contributed by atoms with van der Waals surface area (Å²) in [5.74, 6) is -1.63. The number of amides is 2. The molecule has 0 aromatic heterocycles. The van der Waals surface area contributed by atoms with Crippen molar-refractivity contribution < 1.29 is 19.3 Å². The number of rotatable bonds is 4. The third-order valence-corrected chi connectivity index (χ3v) is 6.84. The van der Waals surface area contributed by atoms with Crippen molar-refractivity contribution in [3.05, 3.63) is 112 Å². The van der Waals surface area contributed by atoms with Gasteiger partial charge in [-0.05, 0) is 30.0 Å². The lowest BCUT2D eigenvalue weighted by Crippen LogP contribution is -2.37. The fraction of sp³-hybridized carbons (Fsp3) is 0.143. The first kappa shape index (κ1) is 21.9. The number of imide groups is 1. The summed E-state index contributed by atoms with van der Waals surface area (Å²) in [5.41, 5.74) is 2.64. The minimum atomic E-state index is -1.05. The standard InChI is InChI=1S/C28H21N3O5/c1-17-12-14-19(15-13-17)25-24-26(36-30(25)20-8-5-9-21(16-20)31(34)35)28(33)29(27(24)32)23-11-4-7-18-6-2-3-10-22(18)23/h2-16,24-26H,1H3. The predicted molar refractivity (Wildman–Crippen MR) is 134 cm³/mol. The van der Waals surface area contributed by atoms with E-state index in [4.69, 9.17) is 4.84 Å². The molecule has 2 amide bonds. The summed E-state index contributed by atoms with van der Waals surface area (Å²) in [6, 6.07) is 26.1. The van der Waals surface area contributed by atoms with Crippen LogP contribution in [0.4, 0.5) is 17.1 Å². The molecule has 2 aliphatic heterocycles. The second-order valence-electron chi connectivity index (χ2n) is 9.02. The number of carbonyl (C=O) groups is 2. The molecule has 4 aromatic carbocycles. The molecule has 0 bridgehead atoms. The monoisotopic (exact) mass is 479 g/mol. The van der Waals surface area contributed by atoms with E-state index in [0.29, 0.717) is 11.4 Å². The topological polar surface area (TPSA) is 93.0 Å². The number of nitrogens with zero attached hydrogens (tertiary/aromatic N) is 3. The minimum absolute atomic E-state index is 0.106. The van der Waals surface area contributed by atoms with Crippen LogP contribution in [-0.4, -0.2) is 22.8 Å². The van der Waals surface area contributed by atoms with E-state index < -0.39 is 28.9 Å². The lowest BCUT2D eigenvalue weighted by atomic mass is 9.90. The molecule has 0 N–H and O–H groups in total. The second-order valence-corrected chi connectivity index (χ2v) is 9.02. The minimum Gasteiger partial charge on any atom is -0.273 e. The number of aryl methyl sites for hydroxylation is 1. The number of carbonyl (C=O) groups excluding carboxylic acids is 2. The molecule has 2 heterocycles. The molecule has 6 rings (SSSR count). The quantitative estimate of drug-likeness (QED) is 0.230. The maximum Gasteiger partial charge on any atom is 0.271 e. The summed E-state index contributed by atoms with van der Waals surface area (Å²) in [6.45, 7) is 1.96. The highest BCUT2D eigenvalue weighted by molar-refractivity contribution is 6.26. The third-order valence-electron chi connectivity index (χ3n) is 6.84. The van der Waals surface area contributed by atoms with Crippen LogP contribution in [0.2, 0.25) is 0 Å². The van der Waals surface area contributed by atoms with Gasteiger partial charge in [-0.2, -0.15) is 0 Å². The van der Waals surface area contributed by atoms with E-state index in [-0.39, 0.29) is 11.6 Å². The highest BCUT2D eigenvalue weighted by Gasteiger charge is 2.60. The van der Waals surface area contributed by atoms with Gasteiger partial charge in [0.15, 0.2) is 6.10 Å². The highest BCUT2D eigenvalue weighted by atomic mass is 16.7. The molecule has 3 atom stereocenters. The van der Waals surface area contributed by atoms with E-state index in [1.807, 2.05) is 67.6 Å². The van der Waals surface area contributed by atoms with E-state index in [1.165, 1.54) is 22.1 Å². The van der Waals surface area contributed by atoms with Gasteiger partial charge < -0.3 is 0 Å². The Kier molecular flexibility index (Phi) is 5.05. The molecule has 8 heteroatoms. The van der Waals surface area contributed by atoms with Crippen molar-refractivity contribution in [2.75, 3.05) is 9.96 Å². The summed E-state index contributed by atoms with van der Waals surface area (Å²) in [5, 5.41) is 14.6. The molecule has 0 aliphatic carbocycles. The Balaban J connectivity index is 1.46. The lowest BCUT2D eigenvalue weighted by molar-refractivity contribution is -0.384. The van der Waals surface area contributed by atoms with E-state index >= 15 is 0 Å². The molecule has 8 nitrogen and oxygen atoms in total. The van der Waals surface area contributed by atoms with Crippen molar-refractivity contribution in [1.82, 2.24) is 0 Å². The smallest absolute Gasteiger partial charge is 0.271 e. The Morgan fingerprint density at radius 1 is 0.861 bits per heavy atom. The number of non-ortho nitro benzene ring substituents is 1. The van der Waals surface area contributed by atoms with Crippen LogP contribution in [0, 0.1) is 23.0 Å². The molecule has 0 saturated carbocycles. The third kappa shape index (κ3) is 3.34. The molecular weight excluding hydrogens is 458 g/mol. The van der Waals surface area contributed by atoms with Gasteiger partial charge in [-0.3, -0.25) is 24.5 Å². The van der Waals surface area contributed by atoms with Crippen LogP contribution in [-0.2, 0) is 14.4 Å². The van der Waals surface area contributed by atoms with E-state index in [1.54, 1.807) is 18.2 Å². The van der Waals surface area contributed by atoms with E-state index in [9.17, 15) is 19.7 Å². The molecule has 3 unspecified atom stereocenters. The number of benzene rings is 4. The average Bonchev–Trinajstić information content (AvgIpc) is 3.40. The molecule has 0 radical (unpaired) electrons. The SMILES string of the molecule is Cc1ccc(C2C3C(=O)N(c4cccc5ccccc45)C(=O)C3ON2c2cccc([N+](=O)[O-])c2)cc1. The zero-order valence-electron chi connectivity index (χ0n) is 19.3. The summed E-state index contributed by atoms with van der Waals surface area (Å²) >= 11 is 0. The maximum absolute atomic E-state index is 13.9. The Hall–Kier alpha value is -4.56. The van der Waals surface area contributed by atoms with Gasteiger partial charge in [0.25, 0.3) is 11.6 Å². The Labute approximate surface area is 206 Å². The summed E-state index contributed by atoms with van der Waals surface area (Å²) in [7, 11) is 0. The van der Waals surface area contributed by atoms with E-state index in [0.717, 1.165) is 21.9 Å². The number of nitro benzene ring substituents is 1. The van der Waals surface area contributed by atoms with Crippen LogP contribution >= 0.6 is 0 Å². The zero-order valence-corrected chi connectivity index (χ0v) is 19.3. The predicted octanol–water partition coefficient (Wildman–Crippen LogP) is 5.11. The molecule has 178 valence electrons. The Morgan fingerprint density at radius 3 is 2.36 bits per heavy atom. The molecule has 36 heavy (non-hydrogen) atoms. The molecule has 4 aromatic rings. The molecule has 0 spiro atoms. The summed E-state index contributed by atoms with van der Waals surface area (Å²) < 4.78 is 0. The van der Waals surface area contributed by atoms with Crippen molar-refractivity contribution in [3.8, 4) is 0 Å². The highest BCUT2D eigenvalue weighted by Crippen LogP contribution is 2.48. The van der Waals surface area contributed by atoms with Crippen molar-refractivity contribution >= 4 is 39.6 Å². The van der Waals surface area contributed by atoms with Crippen LogP contribution in [0.15, 0.2) is 91.0 Å². The van der Waals surface area contributed by atoms with Crippen LogP contribution in [0.25, 0.3) is 10.8 Å². The fourth-order valence-electron chi connectivity index (χ4n) is 5.13. The molecule has 2 saturated heterocycles. The van der Waals surface area contributed by atoms with Crippen LogP contribution < -0.4 is 9.96 Å². The Bertz CT molecular complexity index is 1530. The summed E-state index contributed by atoms with van der Waals surface area (Å²) in [4.78, 5) is 45.9. The number of hydrogen-bond acceptors (Lipinski definition) is 6. The molecule has 2 fully saturated rings. The second kappa shape index (κ2) is 8.28. The normalized spacial score (nSPS) is 21.3. The first-order valence-electron chi connectivity index (χ1n) is 11.6. The van der Waals surface area contributed by atoms with Gasteiger partial charge in [0, 0.05) is 17.5 Å². The van der Waals surface area contributed by atoms with Gasteiger partial charge in [-0.15, -0.1) is 0 Å². The average molecular weight is 479 g/mol. The largest absolute Gasteiger partial charge is 0.273 e. The summed E-state index contributed by atoms with van der Waals surface area (Å²) in [6.07, 6.45) is -1.05. The zero-order chi connectivity index (χ0) is 25.0. The number of fused-ring (bicyclic) bond motifs is 2. The van der Waals surface area contributed by atoms with Gasteiger partial charge in [0.05, 0.1) is 22.3 Å². The first-order valence-corrected chi connectivity index (χ1v) is 11.6. The molecule has 2 aliphatic rings. The number of nitro groups is 1. The van der Waals surface area contributed by atoms with Gasteiger partial charge in [-0.25, -0.2) is 9.96 Å². The number of anilines is 2. The molecular formula is C28H21N3O5. The maximum atomic E-state index is 13.9. The van der Waals surface area contributed by atoms with Gasteiger partial charge in [0.2, 0.25) is 5.91 Å². The van der Waals surface area contributed by atoms with Gasteiger partial charge in [-0.1, -0.05) is 72.3 Å². The van der Waals surface area contributed by atoms with E-state index in [2.05, 4.69) is 0 Å².